The molecule has 1 N–H and O–H groups in total. The summed E-state index contributed by atoms with van der Waals surface area (Å²) in [5.41, 5.74) is 5.77. The molecule has 0 aromatic heterocycles. The summed E-state index contributed by atoms with van der Waals surface area (Å²) in [6.07, 6.45) is 1.49. The number of hydrazone groups is 1. The molecule has 0 fully saturated rings. The smallest absolute Gasteiger partial charge is 0.272 e. The number of benzene rings is 3. The summed E-state index contributed by atoms with van der Waals surface area (Å²) in [4.78, 5) is 12.3. The highest BCUT2D eigenvalue weighted by atomic mass is 79.9. The van der Waals surface area contributed by atoms with Crippen LogP contribution in [0.5, 0.6) is 11.5 Å². The molecule has 0 spiro atoms. The van der Waals surface area contributed by atoms with E-state index in [9.17, 15) is 10.1 Å². The highest BCUT2D eigenvalue weighted by molar-refractivity contribution is 9.10. The second-order valence-corrected chi connectivity index (χ2v) is 8.03. The third-order valence-electron chi connectivity index (χ3n) is 4.54. The number of nitrogens with one attached hydrogen (secondary N) is 1. The Morgan fingerprint density at radius 1 is 1.22 bits per heavy atom. The number of methoxy groups -OCH3 is 1. The van der Waals surface area contributed by atoms with Gasteiger partial charge < -0.3 is 9.47 Å². The van der Waals surface area contributed by atoms with Crippen LogP contribution in [0.4, 0.5) is 0 Å². The Kier molecular flexibility index (Phi) is 7.87. The van der Waals surface area contributed by atoms with Crippen LogP contribution in [-0.4, -0.2) is 19.2 Å². The van der Waals surface area contributed by atoms with E-state index in [0.29, 0.717) is 37.7 Å². The van der Waals surface area contributed by atoms with E-state index in [4.69, 9.17) is 21.1 Å². The van der Waals surface area contributed by atoms with E-state index in [1.807, 2.05) is 19.1 Å². The normalized spacial score (nSPS) is 10.6. The van der Waals surface area contributed by atoms with Crippen LogP contribution in [0, 0.1) is 18.3 Å². The Bertz CT molecular complexity index is 1220. The number of aryl methyl sites for hydroxylation is 1. The second-order valence-electron chi connectivity index (χ2n) is 6.76. The minimum atomic E-state index is -0.412. The van der Waals surface area contributed by atoms with Gasteiger partial charge in [-0.3, -0.25) is 4.79 Å². The van der Waals surface area contributed by atoms with Crippen molar-refractivity contribution in [2.45, 2.75) is 13.5 Å². The zero-order valence-corrected chi connectivity index (χ0v) is 19.7. The van der Waals surface area contributed by atoms with Crippen LogP contribution in [0.3, 0.4) is 0 Å². The van der Waals surface area contributed by atoms with Gasteiger partial charge in [0.05, 0.1) is 35.5 Å². The van der Waals surface area contributed by atoms with Crippen LogP contribution in [-0.2, 0) is 6.61 Å². The first kappa shape index (κ1) is 23.3. The van der Waals surface area contributed by atoms with Crippen LogP contribution in [0.15, 0.2) is 64.2 Å². The first-order valence-electron chi connectivity index (χ1n) is 9.50. The number of nitriles is 1. The Morgan fingerprint density at radius 3 is 2.72 bits per heavy atom. The highest BCUT2D eigenvalue weighted by Gasteiger charge is 2.12. The molecule has 0 aliphatic heterocycles. The predicted molar refractivity (Wildman–Crippen MR) is 127 cm³/mol. The predicted octanol–water partition coefficient (Wildman–Crippen LogP) is 5.63. The highest BCUT2D eigenvalue weighted by Crippen LogP contribution is 2.33. The summed E-state index contributed by atoms with van der Waals surface area (Å²) >= 11 is 9.61. The molecule has 0 atom stereocenters. The fraction of sp³-hybridized carbons (Fsp3) is 0.125. The molecule has 0 heterocycles. The molecule has 6 nitrogen and oxygen atoms in total. The number of halogens is 2. The van der Waals surface area contributed by atoms with Gasteiger partial charge in [-0.15, -0.1) is 0 Å². The summed E-state index contributed by atoms with van der Waals surface area (Å²) in [5, 5.41) is 13.6. The summed E-state index contributed by atoms with van der Waals surface area (Å²) in [6.45, 7) is 2.11. The number of nitrogens with zero attached hydrogens (tertiary/aromatic N) is 2. The minimum Gasteiger partial charge on any atom is -0.493 e. The fourth-order valence-corrected chi connectivity index (χ4v) is 3.60. The maximum absolute atomic E-state index is 12.3. The summed E-state index contributed by atoms with van der Waals surface area (Å²) in [6, 6.07) is 18.0. The third-order valence-corrected chi connectivity index (χ3v) is 5.54. The number of carbonyl (C=O) groups excluding carboxylic acids is 1. The Balaban J connectivity index is 1.73. The lowest BCUT2D eigenvalue weighted by Gasteiger charge is -2.13. The van der Waals surface area contributed by atoms with Crippen molar-refractivity contribution in [3.05, 3.63) is 91.9 Å². The molecule has 0 aliphatic rings. The number of amides is 1. The van der Waals surface area contributed by atoms with Gasteiger partial charge in [0, 0.05) is 15.6 Å². The molecule has 32 heavy (non-hydrogen) atoms. The maximum Gasteiger partial charge on any atom is 0.272 e. The van der Waals surface area contributed by atoms with E-state index < -0.39 is 5.91 Å². The molecule has 1 amide bonds. The van der Waals surface area contributed by atoms with Gasteiger partial charge in [0.2, 0.25) is 0 Å². The van der Waals surface area contributed by atoms with Gasteiger partial charge >= 0.3 is 0 Å². The lowest BCUT2D eigenvalue weighted by atomic mass is 10.1. The number of hydrogen-bond acceptors (Lipinski definition) is 5. The standard InChI is InChI=1S/C24H19BrClN3O3/c1-15-7-8-19(21(26)9-15)24(30)29-28-13-18-10-22(31-2)23(11-20(18)25)32-14-17-6-4-3-5-16(17)12-27/h3-11,13H,14H2,1-2H3,(H,29,30)/b28-13-. The number of carbonyl (C=O) groups is 1. The SMILES string of the molecule is COc1cc(/C=N\NC(=O)c2ccc(C)cc2Cl)c(Br)cc1OCc1ccccc1C#N. The van der Waals surface area contributed by atoms with E-state index in [1.165, 1.54) is 13.3 Å². The molecule has 0 aliphatic carbocycles. The first-order valence-corrected chi connectivity index (χ1v) is 10.7. The lowest BCUT2D eigenvalue weighted by molar-refractivity contribution is 0.0955. The van der Waals surface area contributed by atoms with Crippen molar-refractivity contribution in [2.24, 2.45) is 5.10 Å². The molecule has 0 saturated carbocycles. The van der Waals surface area contributed by atoms with E-state index >= 15 is 0 Å². The van der Waals surface area contributed by atoms with Gasteiger partial charge in [-0.25, -0.2) is 5.43 Å². The van der Waals surface area contributed by atoms with Crippen molar-refractivity contribution in [3.8, 4) is 17.6 Å². The summed E-state index contributed by atoms with van der Waals surface area (Å²) < 4.78 is 12.0. The topological polar surface area (TPSA) is 83.7 Å². The molecule has 3 rings (SSSR count). The molecule has 0 radical (unpaired) electrons. The molecule has 0 bridgehead atoms. The van der Waals surface area contributed by atoms with Gasteiger partial charge in [0.25, 0.3) is 5.91 Å². The molecule has 3 aromatic carbocycles. The van der Waals surface area contributed by atoms with Crippen LogP contribution in [0.25, 0.3) is 0 Å². The lowest BCUT2D eigenvalue weighted by Crippen LogP contribution is -2.18. The van der Waals surface area contributed by atoms with Crippen molar-refractivity contribution in [2.75, 3.05) is 7.11 Å². The Hall–Kier alpha value is -3.34. The first-order chi connectivity index (χ1) is 15.4. The van der Waals surface area contributed by atoms with Gasteiger partial charge in [-0.1, -0.05) is 35.9 Å². The Morgan fingerprint density at radius 2 is 2.00 bits per heavy atom. The monoisotopic (exact) mass is 511 g/mol. The summed E-state index contributed by atoms with van der Waals surface area (Å²) in [5.74, 6) is 0.571. The zero-order valence-electron chi connectivity index (χ0n) is 17.4. The van der Waals surface area contributed by atoms with Crippen molar-refractivity contribution in [1.29, 1.82) is 5.26 Å². The zero-order chi connectivity index (χ0) is 23.1. The molecule has 0 unspecified atom stereocenters. The van der Waals surface area contributed by atoms with Gasteiger partial charge in [-0.05, 0) is 58.7 Å². The average molecular weight is 513 g/mol. The van der Waals surface area contributed by atoms with Gasteiger partial charge in [0.15, 0.2) is 11.5 Å². The molecule has 162 valence electrons. The van der Waals surface area contributed by atoms with Gasteiger partial charge in [-0.2, -0.15) is 10.4 Å². The number of ether oxygens (including phenoxy) is 2. The Labute approximate surface area is 199 Å². The van der Waals surface area contributed by atoms with E-state index in [2.05, 4.69) is 32.5 Å². The van der Waals surface area contributed by atoms with Crippen LogP contribution >= 0.6 is 27.5 Å². The van der Waals surface area contributed by atoms with Crippen molar-refractivity contribution >= 4 is 39.7 Å². The van der Waals surface area contributed by atoms with E-state index in [1.54, 1.807) is 42.5 Å². The number of rotatable bonds is 7. The molecule has 0 saturated heterocycles. The van der Waals surface area contributed by atoms with Crippen LogP contribution in [0.1, 0.15) is 32.6 Å². The van der Waals surface area contributed by atoms with Crippen molar-refractivity contribution in [1.82, 2.24) is 5.43 Å². The molecular formula is C24H19BrClN3O3. The van der Waals surface area contributed by atoms with Crippen molar-refractivity contribution < 1.29 is 14.3 Å². The largest absolute Gasteiger partial charge is 0.493 e. The fourth-order valence-electron chi connectivity index (χ4n) is 2.86. The average Bonchev–Trinajstić information content (AvgIpc) is 2.78. The number of hydrogen-bond donors (Lipinski definition) is 1. The van der Waals surface area contributed by atoms with Crippen LogP contribution < -0.4 is 14.9 Å². The van der Waals surface area contributed by atoms with E-state index in [-0.39, 0.29) is 6.61 Å². The van der Waals surface area contributed by atoms with E-state index in [0.717, 1.165) is 11.1 Å². The molecular weight excluding hydrogens is 494 g/mol. The molecule has 3 aromatic rings. The quantitative estimate of drug-likeness (QED) is 0.328. The summed E-state index contributed by atoms with van der Waals surface area (Å²) in [7, 11) is 1.53. The third kappa shape index (κ3) is 5.67. The molecule has 8 heteroatoms. The van der Waals surface area contributed by atoms with Crippen LogP contribution in [0.2, 0.25) is 5.02 Å². The van der Waals surface area contributed by atoms with Gasteiger partial charge in [0.1, 0.15) is 6.61 Å². The second kappa shape index (κ2) is 10.8. The minimum absolute atomic E-state index is 0.216. The maximum atomic E-state index is 12.3. The van der Waals surface area contributed by atoms with Crippen molar-refractivity contribution in [3.63, 3.8) is 0 Å².